The van der Waals surface area contributed by atoms with E-state index in [0.29, 0.717) is 30.4 Å². The molecule has 1 aliphatic heterocycles. The van der Waals surface area contributed by atoms with Crippen LogP contribution in [0.2, 0.25) is 0 Å². The van der Waals surface area contributed by atoms with Crippen molar-refractivity contribution in [3.8, 4) is 0 Å². The zero-order chi connectivity index (χ0) is 21.3. The lowest BCUT2D eigenvalue weighted by atomic mass is 10.1. The molecule has 0 atom stereocenters. The summed E-state index contributed by atoms with van der Waals surface area (Å²) in [7, 11) is 0. The minimum atomic E-state index is -0.146. The average Bonchev–Trinajstić information content (AvgIpc) is 3.14. The number of anilines is 2. The molecule has 7 heteroatoms. The van der Waals surface area contributed by atoms with Crippen LogP contribution >= 0.6 is 0 Å². The Morgan fingerprint density at radius 1 is 1.00 bits per heavy atom. The Labute approximate surface area is 176 Å². The normalized spacial score (nSPS) is 14.4. The number of para-hydroxylation sites is 2. The van der Waals surface area contributed by atoms with Gasteiger partial charge >= 0.3 is 6.03 Å². The lowest BCUT2D eigenvalue weighted by Gasteiger charge is -2.36. The van der Waals surface area contributed by atoms with Gasteiger partial charge in [-0.1, -0.05) is 24.3 Å². The van der Waals surface area contributed by atoms with Gasteiger partial charge in [0.05, 0.1) is 11.0 Å². The smallest absolute Gasteiger partial charge is 0.321 e. The molecule has 30 heavy (non-hydrogen) atoms. The zero-order valence-electron chi connectivity index (χ0n) is 17.6. The zero-order valence-corrected chi connectivity index (χ0v) is 17.6. The Balaban J connectivity index is 1.45. The van der Waals surface area contributed by atoms with Crippen molar-refractivity contribution in [3.05, 3.63) is 54.1 Å². The second-order valence-electron chi connectivity index (χ2n) is 7.91. The fourth-order valence-corrected chi connectivity index (χ4v) is 3.89. The van der Waals surface area contributed by atoms with Crippen molar-refractivity contribution >= 4 is 34.5 Å². The van der Waals surface area contributed by atoms with Crippen LogP contribution in [0, 0.1) is 0 Å². The van der Waals surface area contributed by atoms with Crippen molar-refractivity contribution in [2.45, 2.75) is 26.8 Å². The first-order chi connectivity index (χ1) is 14.4. The van der Waals surface area contributed by atoms with Gasteiger partial charge in [-0.2, -0.15) is 0 Å². The summed E-state index contributed by atoms with van der Waals surface area (Å²) in [4.78, 5) is 33.2. The molecular weight excluding hydrogens is 378 g/mol. The van der Waals surface area contributed by atoms with Crippen LogP contribution in [0.4, 0.5) is 16.4 Å². The van der Waals surface area contributed by atoms with Gasteiger partial charge in [-0.05, 0) is 45.0 Å². The molecule has 0 spiro atoms. The predicted octanol–water partition coefficient (Wildman–Crippen LogP) is 4.17. The second kappa shape index (κ2) is 8.18. The van der Waals surface area contributed by atoms with Crippen LogP contribution in [0.1, 0.15) is 37.2 Å². The van der Waals surface area contributed by atoms with Gasteiger partial charge in [0, 0.05) is 43.5 Å². The Kier molecular flexibility index (Phi) is 5.44. The molecule has 2 heterocycles. The molecule has 3 aromatic rings. The van der Waals surface area contributed by atoms with E-state index in [1.54, 1.807) is 29.2 Å². The van der Waals surface area contributed by atoms with Gasteiger partial charge in [-0.25, -0.2) is 9.78 Å². The topological polar surface area (TPSA) is 70.5 Å². The third kappa shape index (κ3) is 3.87. The van der Waals surface area contributed by atoms with Crippen molar-refractivity contribution in [1.82, 2.24) is 14.5 Å². The molecule has 0 aliphatic carbocycles. The summed E-state index contributed by atoms with van der Waals surface area (Å²) in [6.45, 7) is 8.50. The highest BCUT2D eigenvalue weighted by Crippen LogP contribution is 2.27. The van der Waals surface area contributed by atoms with E-state index < -0.39 is 0 Å². The predicted molar refractivity (Wildman–Crippen MR) is 119 cm³/mol. The number of hydrogen-bond donors (Lipinski definition) is 1. The fourth-order valence-electron chi connectivity index (χ4n) is 3.89. The molecule has 4 rings (SSSR count). The van der Waals surface area contributed by atoms with E-state index in [-0.39, 0.29) is 11.8 Å². The molecule has 0 bridgehead atoms. The largest absolute Gasteiger partial charge is 0.339 e. The SMILES string of the molecule is CC(=O)c1cccc(NC(=O)N2CCN(c3nc4ccccc4n3C(C)C)CC2)c1. The summed E-state index contributed by atoms with van der Waals surface area (Å²) in [5.74, 6) is 0.938. The Morgan fingerprint density at radius 3 is 2.43 bits per heavy atom. The van der Waals surface area contributed by atoms with Crippen molar-refractivity contribution in [2.24, 2.45) is 0 Å². The third-order valence-electron chi connectivity index (χ3n) is 5.46. The number of fused-ring (bicyclic) bond motifs is 1. The molecule has 0 radical (unpaired) electrons. The molecular formula is C23H27N5O2. The fraction of sp³-hybridized carbons (Fsp3) is 0.348. The average molecular weight is 406 g/mol. The summed E-state index contributed by atoms with van der Waals surface area (Å²) < 4.78 is 2.26. The number of nitrogens with one attached hydrogen (secondary N) is 1. The van der Waals surface area contributed by atoms with E-state index in [9.17, 15) is 9.59 Å². The van der Waals surface area contributed by atoms with E-state index in [2.05, 4.69) is 34.7 Å². The molecule has 7 nitrogen and oxygen atoms in total. The number of nitrogens with zero attached hydrogens (tertiary/aromatic N) is 4. The summed E-state index contributed by atoms with van der Waals surface area (Å²) in [6.07, 6.45) is 0. The lowest BCUT2D eigenvalue weighted by Crippen LogP contribution is -2.50. The second-order valence-corrected chi connectivity index (χ2v) is 7.91. The quantitative estimate of drug-likeness (QED) is 0.661. The van der Waals surface area contributed by atoms with Crippen LogP contribution in [0.5, 0.6) is 0 Å². The highest BCUT2D eigenvalue weighted by molar-refractivity contribution is 5.96. The van der Waals surface area contributed by atoms with Gasteiger partial charge in [-0.15, -0.1) is 0 Å². The minimum Gasteiger partial charge on any atom is -0.339 e. The van der Waals surface area contributed by atoms with E-state index in [0.717, 1.165) is 30.1 Å². The van der Waals surface area contributed by atoms with Crippen molar-refractivity contribution in [2.75, 3.05) is 36.4 Å². The van der Waals surface area contributed by atoms with Gasteiger partial charge in [0.2, 0.25) is 5.95 Å². The standard InChI is InChI=1S/C23H27N5O2/c1-16(2)28-21-10-5-4-9-20(21)25-22(28)26-11-13-27(14-12-26)23(30)24-19-8-6-7-18(15-19)17(3)29/h4-10,15-16H,11-14H2,1-3H3,(H,24,30). The number of imidazole rings is 1. The maximum absolute atomic E-state index is 12.7. The first kappa shape index (κ1) is 19.9. The van der Waals surface area contributed by atoms with E-state index in [4.69, 9.17) is 4.98 Å². The maximum atomic E-state index is 12.7. The van der Waals surface area contributed by atoms with Gasteiger partial charge in [0.15, 0.2) is 5.78 Å². The summed E-state index contributed by atoms with van der Waals surface area (Å²) in [5.41, 5.74) is 3.35. The van der Waals surface area contributed by atoms with Crippen LogP contribution in [0.15, 0.2) is 48.5 Å². The number of carbonyl (C=O) groups is 2. The molecule has 0 unspecified atom stereocenters. The van der Waals surface area contributed by atoms with Crippen LogP contribution in [0.3, 0.4) is 0 Å². The molecule has 1 fully saturated rings. The van der Waals surface area contributed by atoms with Crippen LogP contribution in [-0.2, 0) is 0 Å². The lowest BCUT2D eigenvalue weighted by molar-refractivity contribution is 0.101. The van der Waals surface area contributed by atoms with Crippen LogP contribution in [-0.4, -0.2) is 52.4 Å². The maximum Gasteiger partial charge on any atom is 0.321 e. The number of rotatable bonds is 4. The molecule has 156 valence electrons. The van der Waals surface area contributed by atoms with E-state index in [1.165, 1.54) is 6.92 Å². The molecule has 2 amide bonds. The van der Waals surface area contributed by atoms with Gasteiger partial charge in [0.25, 0.3) is 0 Å². The first-order valence-corrected chi connectivity index (χ1v) is 10.3. The Bertz CT molecular complexity index is 1080. The van der Waals surface area contributed by atoms with E-state index >= 15 is 0 Å². The van der Waals surface area contributed by atoms with Crippen LogP contribution in [0.25, 0.3) is 11.0 Å². The first-order valence-electron chi connectivity index (χ1n) is 10.3. The summed E-state index contributed by atoms with van der Waals surface area (Å²) >= 11 is 0. The molecule has 1 aliphatic rings. The third-order valence-corrected chi connectivity index (χ3v) is 5.46. The number of hydrogen-bond acceptors (Lipinski definition) is 4. The molecule has 1 aromatic heterocycles. The van der Waals surface area contributed by atoms with E-state index in [1.807, 2.05) is 18.2 Å². The van der Waals surface area contributed by atoms with Crippen molar-refractivity contribution in [1.29, 1.82) is 0 Å². The number of benzene rings is 2. The van der Waals surface area contributed by atoms with Gasteiger partial charge < -0.3 is 19.7 Å². The van der Waals surface area contributed by atoms with Crippen LogP contribution < -0.4 is 10.2 Å². The number of ketones is 1. The Morgan fingerprint density at radius 2 is 1.73 bits per heavy atom. The minimum absolute atomic E-state index is 0.0206. The van der Waals surface area contributed by atoms with Crippen molar-refractivity contribution in [3.63, 3.8) is 0 Å². The van der Waals surface area contributed by atoms with Crippen molar-refractivity contribution < 1.29 is 9.59 Å². The number of urea groups is 1. The highest BCUT2D eigenvalue weighted by Gasteiger charge is 2.25. The summed E-state index contributed by atoms with van der Waals surface area (Å²) in [5, 5.41) is 2.91. The monoisotopic (exact) mass is 405 g/mol. The number of carbonyl (C=O) groups excluding carboxylic acids is 2. The summed E-state index contributed by atoms with van der Waals surface area (Å²) in [6, 6.07) is 15.4. The van der Waals surface area contributed by atoms with Gasteiger partial charge in [-0.3, -0.25) is 4.79 Å². The van der Waals surface area contributed by atoms with Gasteiger partial charge in [0.1, 0.15) is 0 Å². The molecule has 0 saturated carbocycles. The molecule has 1 saturated heterocycles. The molecule has 1 N–H and O–H groups in total. The number of aromatic nitrogens is 2. The highest BCUT2D eigenvalue weighted by atomic mass is 16.2. The number of amides is 2. The number of piperazine rings is 1. The molecule has 2 aromatic carbocycles. The Hall–Kier alpha value is -3.35. The number of Topliss-reactive ketones (excluding diaryl/α,β-unsaturated/α-hetero) is 1.